The van der Waals surface area contributed by atoms with Crippen LogP contribution in [0.5, 0.6) is 11.5 Å². The Morgan fingerprint density at radius 3 is 2.48 bits per heavy atom. The van der Waals surface area contributed by atoms with E-state index in [-0.39, 0.29) is 17.4 Å². The fraction of sp³-hybridized carbons (Fsp3) is 0.0588. The van der Waals surface area contributed by atoms with E-state index < -0.39 is 0 Å². The van der Waals surface area contributed by atoms with Gasteiger partial charge in [0.25, 0.3) is 0 Å². The molecule has 1 aromatic heterocycles. The maximum atomic E-state index is 11.1. The third kappa shape index (κ3) is 3.01. The maximum absolute atomic E-state index is 11.1. The van der Waals surface area contributed by atoms with Crippen molar-refractivity contribution in [2.75, 3.05) is 5.32 Å². The van der Waals surface area contributed by atoms with Crippen molar-refractivity contribution in [1.29, 1.82) is 0 Å². The minimum Gasteiger partial charge on any atom is -0.508 e. The Bertz CT molecular complexity index is 854. The zero-order valence-electron chi connectivity index (χ0n) is 12.4. The predicted octanol–water partition coefficient (Wildman–Crippen LogP) is 2.91. The van der Waals surface area contributed by atoms with Gasteiger partial charge in [0.05, 0.1) is 17.6 Å². The SMILES string of the molecule is CC(=O)Nc1ccc(-n2nccc2-c2ccc(O)cc2O)cc1. The van der Waals surface area contributed by atoms with E-state index in [0.717, 1.165) is 5.69 Å². The minimum atomic E-state index is -0.133. The van der Waals surface area contributed by atoms with Crippen molar-refractivity contribution >= 4 is 11.6 Å². The van der Waals surface area contributed by atoms with Crippen molar-refractivity contribution in [3.63, 3.8) is 0 Å². The molecule has 1 amide bonds. The molecule has 0 spiro atoms. The van der Waals surface area contributed by atoms with Crippen LogP contribution in [0.4, 0.5) is 5.69 Å². The second-order valence-corrected chi connectivity index (χ2v) is 5.06. The number of carbonyl (C=O) groups is 1. The first-order valence-corrected chi connectivity index (χ1v) is 6.99. The molecule has 0 radical (unpaired) electrons. The quantitative estimate of drug-likeness (QED) is 0.694. The molecule has 6 nitrogen and oxygen atoms in total. The number of nitrogens with one attached hydrogen (secondary N) is 1. The smallest absolute Gasteiger partial charge is 0.221 e. The molecule has 0 aliphatic rings. The van der Waals surface area contributed by atoms with Crippen molar-refractivity contribution in [3.8, 4) is 28.4 Å². The topological polar surface area (TPSA) is 87.4 Å². The molecule has 0 fully saturated rings. The molecule has 3 aromatic rings. The molecule has 0 aliphatic carbocycles. The number of phenols is 2. The van der Waals surface area contributed by atoms with Gasteiger partial charge in [-0.1, -0.05) is 0 Å². The lowest BCUT2D eigenvalue weighted by atomic mass is 10.1. The van der Waals surface area contributed by atoms with Crippen LogP contribution in [0.1, 0.15) is 6.92 Å². The minimum absolute atomic E-state index is 0.00280. The molecule has 3 rings (SSSR count). The van der Waals surface area contributed by atoms with Crippen LogP contribution in [0.25, 0.3) is 16.9 Å². The number of aromatic nitrogens is 2. The van der Waals surface area contributed by atoms with E-state index >= 15 is 0 Å². The Morgan fingerprint density at radius 1 is 1.09 bits per heavy atom. The number of amides is 1. The summed E-state index contributed by atoms with van der Waals surface area (Å²) in [5, 5.41) is 26.4. The molecule has 0 atom stereocenters. The summed E-state index contributed by atoms with van der Waals surface area (Å²) in [5.41, 5.74) is 2.73. The first-order valence-electron chi connectivity index (χ1n) is 6.99. The number of phenolic OH excluding ortho intramolecular Hbond substituents is 2. The summed E-state index contributed by atoms with van der Waals surface area (Å²) in [4.78, 5) is 11.1. The van der Waals surface area contributed by atoms with Crippen LogP contribution in [-0.4, -0.2) is 25.9 Å². The molecule has 3 N–H and O–H groups in total. The Balaban J connectivity index is 1.99. The molecule has 0 aliphatic heterocycles. The number of hydrogen-bond donors (Lipinski definition) is 3. The van der Waals surface area contributed by atoms with E-state index in [9.17, 15) is 15.0 Å². The molecular weight excluding hydrogens is 294 g/mol. The van der Waals surface area contributed by atoms with Gasteiger partial charge in [-0.2, -0.15) is 5.10 Å². The summed E-state index contributed by atoms with van der Waals surface area (Å²) in [6.07, 6.45) is 1.63. The summed E-state index contributed by atoms with van der Waals surface area (Å²) in [7, 11) is 0. The van der Waals surface area contributed by atoms with Crippen LogP contribution in [0.3, 0.4) is 0 Å². The fourth-order valence-corrected chi connectivity index (χ4v) is 2.34. The van der Waals surface area contributed by atoms with E-state index in [1.807, 2.05) is 12.1 Å². The van der Waals surface area contributed by atoms with Crippen LogP contribution in [-0.2, 0) is 4.79 Å². The summed E-state index contributed by atoms with van der Waals surface area (Å²) in [5.74, 6) is -0.162. The van der Waals surface area contributed by atoms with Gasteiger partial charge in [-0.3, -0.25) is 4.79 Å². The van der Waals surface area contributed by atoms with Crippen molar-refractivity contribution in [2.24, 2.45) is 0 Å². The highest BCUT2D eigenvalue weighted by Gasteiger charge is 2.12. The molecule has 23 heavy (non-hydrogen) atoms. The highest BCUT2D eigenvalue weighted by molar-refractivity contribution is 5.88. The zero-order chi connectivity index (χ0) is 16.4. The molecule has 1 heterocycles. The largest absolute Gasteiger partial charge is 0.508 e. The van der Waals surface area contributed by atoms with Gasteiger partial charge in [-0.15, -0.1) is 0 Å². The number of anilines is 1. The number of nitrogens with zero attached hydrogens (tertiary/aromatic N) is 2. The number of rotatable bonds is 3. The van der Waals surface area contributed by atoms with E-state index in [1.54, 1.807) is 35.1 Å². The van der Waals surface area contributed by atoms with Gasteiger partial charge in [0.1, 0.15) is 11.5 Å². The fourth-order valence-electron chi connectivity index (χ4n) is 2.34. The summed E-state index contributed by atoms with van der Waals surface area (Å²) in [6.45, 7) is 1.45. The monoisotopic (exact) mass is 309 g/mol. The molecular formula is C17H15N3O3. The van der Waals surface area contributed by atoms with Gasteiger partial charge in [0.15, 0.2) is 0 Å². The van der Waals surface area contributed by atoms with Crippen molar-refractivity contribution < 1.29 is 15.0 Å². The van der Waals surface area contributed by atoms with Gasteiger partial charge >= 0.3 is 0 Å². The third-order valence-corrected chi connectivity index (χ3v) is 3.33. The second-order valence-electron chi connectivity index (χ2n) is 5.06. The number of carbonyl (C=O) groups excluding carboxylic acids is 1. The summed E-state index contributed by atoms with van der Waals surface area (Å²) >= 11 is 0. The predicted molar refractivity (Wildman–Crippen MR) is 86.6 cm³/mol. The van der Waals surface area contributed by atoms with Gasteiger partial charge in [-0.25, -0.2) is 4.68 Å². The number of benzene rings is 2. The Morgan fingerprint density at radius 2 is 1.83 bits per heavy atom. The average molecular weight is 309 g/mol. The van der Waals surface area contributed by atoms with E-state index in [2.05, 4.69) is 10.4 Å². The standard InChI is InChI=1S/C17H15N3O3/c1-11(21)19-12-2-4-13(5-3-12)20-16(8-9-18-20)15-7-6-14(22)10-17(15)23/h2-10,22-23H,1H3,(H,19,21). The molecule has 0 saturated carbocycles. The molecule has 2 aromatic carbocycles. The van der Waals surface area contributed by atoms with Crippen LogP contribution < -0.4 is 5.32 Å². The van der Waals surface area contributed by atoms with Crippen molar-refractivity contribution in [3.05, 3.63) is 54.7 Å². The van der Waals surface area contributed by atoms with Crippen molar-refractivity contribution in [2.45, 2.75) is 6.92 Å². The van der Waals surface area contributed by atoms with Gasteiger partial charge in [0.2, 0.25) is 5.91 Å². The molecule has 116 valence electrons. The van der Waals surface area contributed by atoms with Crippen LogP contribution in [0, 0.1) is 0 Å². The molecule has 6 heteroatoms. The highest BCUT2D eigenvalue weighted by Crippen LogP contribution is 2.33. The first-order chi connectivity index (χ1) is 11.0. The van der Waals surface area contributed by atoms with E-state index in [1.165, 1.54) is 19.1 Å². The van der Waals surface area contributed by atoms with Crippen LogP contribution in [0.15, 0.2) is 54.7 Å². The Labute approximate surface area is 132 Å². The first kappa shape index (κ1) is 14.6. The maximum Gasteiger partial charge on any atom is 0.221 e. The van der Waals surface area contributed by atoms with E-state index in [0.29, 0.717) is 16.9 Å². The normalized spacial score (nSPS) is 10.5. The van der Waals surface area contributed by atoms with Crippen LogP contribution >= 0.6 is 0 Å². The lowest BCUT2D eigenvalue weighted by Crippen LogP contribution is -2.06. The number of aromatic hydroxyl groups is 2. The molecule has 0 bridgehead atoms. The van der Waals surface area contributed by atoms with E-state index in [4.69, 9.17) is 0 Å². The van der Waals surface area contributed by atoms with Gasteiger partial charge < -0.3 is 15.5 Å². The average Bonchev–Trinajstić information content (AvgIpc) is 2.96. The summed E-state index contributed by atoms with van der Waals surface area (Å²) < 4.78 is 1.67. The van der Waals surface area contributed by atoms with Crippen LogP contribution in [0.2, 0.25) is 0 Å². The molecule has 0 unspecified atom stereocenters. The second kappa shape index (κ2) is 5.84. The zero-order valence-corrected chi connectivity index (χ0v) is 12.4. The lowest BCUT2D eigenvalue weighted by molar-refractivity contribution is -0.114. The lowest BCUT2D eigenvalue weighted by Gasteiger charge is -2.10. The van der Waals surface area contributed by atoms with Crippen molar-refractivity contribution in [1.82, 2.24) is 9.78 Å². The van der Waals surface area contributed by atoms with Gasteiger partial charge in [-0.05, 0) is 42.5 Å². The van der Waals surface area contributed by atoms with Gasteiger partial charge in [0, 0.05) is 24.2 Å². The molecule has 0 saturated heterocycles. The third-order valence-electron chi connectivity index (χ3n) is 3.33. The number of hydrogen-bond acceptors (Lipinski definition) is 4. The Hall–Kier alpha value is -3.28. The highest BCUT2D eigenvalue weighted by atomic mass is 16.3. The Kier molecular flexibility index (Phi) is 3.72. The summed E-state index contributed by atoms with van der Waals surface area (Å²) in [6, 6.07) is 13.4.